The van der Waals surface area contributed by atoms with Crippen molar-refractivity contribution in [2.75, 3.05) is 12.0 Å². The number of thioether (sulfide) groups is 1. The second-order valence-corrected chi connectivity index (χ2v) is 5.76. The number of halogens is 1. The van der Waals surface area contributed by atoms with Crippen LogP contribution in [0.25, 0.3) is 6.08 Å². The summed E-state index contributed by atoms with van der Waals surface area (Å²) in [6, 6.07) is 4.93. The van der Waals surface area contributed by atoms with Crippen molar-refractivity contribution in [1.82, 2.24) is 5.32 Å². The van der Waals surface area contributed by atoms with Gasteiger partial charge < -0.3 is 10.4 Å². The smallest absolute Gasteiger partial charge is 0.328 e. The topological polar surface area (TPSA) is 66.4 Å². The highest BCUT2D eigenvalue weighted by atomic mass is 35.5. The van der Waals surface area contributed by atoms with E-state index in [2.05, 4.69) is 5.32 Å². The van der Waals surface area contributed by atoms with Gasteiger partial charge in [0, 0.05) is 28.5 Å². The Morgan fingerprint density at radius 1 is 1.48 bits per heavy atom. The normalized spacial score (nSPS) is 12.3. The lowest BCUT2D eigenvalue weighted by molar-refractivity contribution is -0.131. The van der Waals surface area contributed by atoms with Crippen molar-refractivity contribution in [3.63, 3.8) is 0 Å². The summed E-state index contributed by atoms with van der Waals surface area (Å²) in [5.41, 5.74) is 1.03. The van der Waals surface area contributed by atoms with Crippen LogP contribution in [0.3, 0.4) is 0 Å². The lowest BCUT2D eigenvalue weighted by Crippen LogP contribution is -2.36. The molecule has 1 aromatic carbocycles. The lowest BCUT2D eigenvalue weighted by atomic mass is 10.1. The summed E-state index contributed by atoms with van der Waals surface area (Å²) in [5, 5.41) is 11.9. The van der Waals surface area contributed by atoms with Gasteiger partial charge in [0.2, 0.25) is 0 Å². The summed E-state index contributed by atoms with van der Waals surface area (Å²) in [7, 11) is 0. The molecule has 6 heteroatoms. The fourth-order valence-corrected chi connectivity index (χ4v) is 2.66. The number of carbonyl (C=O) groups is 2. The minimum Gasteiger partial charge on any atom is -0.478 e. The lowest BCUT2D eigenvalue weighted by Gasteiger charge is -2.16. The SMILES string of the molecule is CCC(CSC)NC(=O)c1ccc(/C=C/C(=O)O)c(Cl)c1. The Morgan fingerprint density at radius 2 is 2.19 bits per heavy atom. The molecule has 0 heterocycles. The van der Waals surface area contributed by atoms with Gasteiger partial charge in [0.1, 0.15) is 0 Å². The maximum absolute atomic E-state index is 12.1. The fraction of sp³-hybridized carbons (Fsp3) is 0.333. The number of hydrogen-bond acceptors (Lipinski definition) is 3. The summed E-state index contributed by atoms with van der Waals surface area (Å²) in [6.45, 7) is 2.02. The van der Waals surface area contributed by atoms with Crippen LogP contribution in [0.5, 0.6) is 0 Å². The number of hydrogen-bond donors (Lipinski definition) is 2. The monoisotopic (exact) mass is 327 g/mol. The molecule has 1 rings (SSSR count). The number of rotatable bonds is 7. The summed E-state index contributed by atoms with van der Waals surface area (Å²) >= 11 is 7.74. The molecule has 0 aromatic heterocycles. The number of amides is 1. The molecule has 114 valence electrons. The van der Waals surface area contributed by atoms with Crippen molar-refractivity contribution in [2.24, 2.45) is 0 Å². The van der Waals surface area contributed by atoms with Crippen molar-refractivity contribution in [1.29, 1.82) is 0 Å². The molecular weight excluding hydrogens is 310 g/mol. The quantitative estimate of drug-likeness (QED) is 0.754. The number of carboxylic acids is 1. The molecule has 4 nitrogen and oxygen atoms in total. The van der Waals surface area contributed by atoms with Crippen molar-refractivity contribution >= 4 is 41.3 Å². The summed E-state index contributed by atoms with van der Waals surface area (Å²) in [6.07, 6.45) is 5.26. The number of carboxylic acid groups (broad SMARTS) is 1. The number of nitrogens with one attached hydrogen (secondary N) is 1. The van der Waals surface area contributed by atoms with E-state index in [1.165, 1.54) is 6.08 Å². The predicted octanol–water partition coefficient (Wildman–Crippen LogP) is 3.31. The second-order valence-electron chi connectivity index (χ2n) is 4.44. The Labute approximate surface area is 133 Å². The van der Waals surface area contributed by atoms with E-state index in [-0.39, 0.29) is 11.9 Å². The maximum Gasteiger partial charge on any atom is 0.328 e. The predicted molar refractivity (Wildman–Crippen MR) is 88.0 cm³/mol. The average Bonchev–Trinajstić information content (AvgIpc) is 2.45. The van der Waals surface area contributed by atoms with Crippen molar-refractivity contribution in [2.45, 2.75) is 19.4 Å². The number of carbonyl (C=O) groups excluding carboxylic acids is 1. The van der Waals surface area contributed by atoms with E-state index in [9.17, 15) is 9.59 Å². The van der Waals surface area contributed by atoms with Gasteiger partial charge in [-0.3, -0.25) is 4.79 Å². The van der Waals surface area contributed by atoms with E-state index in [4.69, 9.17) is 16.7 Å². The first-order valence-corrected chi connectivity index (χ1v) is 8.25. The van der Waals surface area contributed by atoms with E-state index in [1.807, 2.05) is 13.2 Å². The van der Waals surface area contributed by atoms with Crippen LogP contribution in [0.1, 0.15) is 29.3 Å². The molecule has 0 aliphatic rings. The zero-order valence-corrected chi connectivity index (χ0v) is 13.5. The Kier molecular flexibility index (Phi) is 7.32. The highest BCUT2D eigenvalue weighted by molar-refractivity contribution is 7.98. The first kappa shape index (κ1) is 17.6. The van der Waals surface area contributed by atoms with E-state index in [0.29, 0.717) is 16.1 Å². The molecule has 0 spiro atoms. The van der Waals surface area contributed by atoms with Crippen LogP contribution in [0, 0.1) is 0 Å². The molecule has 1 amide bonds. The molecule has 0 saturated carbocycles. The summed E-state index contributed by atoms with van der Waals surface area (Å²) in [5.74, 6) is -0.364. The molecular formula is C15H18ClNO3S. The summed E-state index contributed by atoms with van der Waals surface area (Å²) in [4.78, 5) is 22.6. The van der Waals surface area contributed by atoms with Crippen LogP contribution in [0.15, 0.2) is 24.3 Å². The van der Waals surface area contributed by atoms with Gasteiger partial charge >= 0.3 is 5.97 Å². The van der Waals surface area contributed by atoms with Crippen LogP contribution >= 0.6 is 23.4 Å². The molecule has 2 N–H and O–H groups in total. The van der Waals surface area contributed by atoms with Gasteiger partial charge in [-0.05, 0) is 36.4 Å². The molecule has 0 saturated heterocycles. The molecule has 21 heavy (non-hydrogen) atoms. The molecule has 0 aliphatic carbocycles. The van der Waals surface area contributed by atoms with Gasteiger partial charge in [0.25, 0.3) is 5.91 Å². The van der Waals surface area contributed by atoms with Gasteiger partial charge in [0.15, 0.2) is 0 Å². The van der Waals surface area contributed by atoms with Crippen LogP contribution in [-0.4, -0.2) is 35.0 Å². The van der Waals surface area contributed by atoms with E-state index >= 15 is 0 Å². The standard InChI is InChI=1S/C15H18ClNO3S/c1-3-12(9-21-2)17-15(20)11-5-4-10(13(16)8-11)6-7-14(18)19/h4-8,12H,3,9H2,1-2H3,(H,17,20)(H,18,19)/b7-6+. The third-order valence-electron chi connectivity index (χ3n) is 2.86. The third-order valence-corrected chi connectivity index (χ3v) is 3.93. The van der Waals surface area contributed by atoms with Gasteiger partial charge in [0.05, 0.1) is 0 Å². The number of aliphatic carboxylic acids is 1. The average molecular weight is 328 g/mol. The van der Waals surface area contributed by atoms with Gasteiger partial charge in [-0.1, -0.05) is 24.6 Å². The molecule has 0 fully saturated rings. The van der Waals surface area contributed by atoms with E-state index < -0.39 is 5.97 Å². The van der Waals surface area contributed by atoms with Gasteiger partial charge in [-0.2, -0.15) is 11.8 Å². The number of benzene rings is 1. The fourth-order valence-electron chi connectivity index (χ4n) is 1.70. The van der Waals surface area contributed by atoms with Crippen LogP contribution in [0.2, 0.25) is 5.02 Å². The molecule has 1 atom stereocenters. The minimum absolute atomic E-state index is 0.123. The largest absolute Gasteiger partial charge is 0.478 e. The van der Waals surface area contributed by atoms with Crippen LogP contribution in [-0.2, 0) is 4.79 Å². The first-order valence-electron chi connectivity index (χ1n) is 6.48. The highest BCUT2D eigenvalue weighted by Crippen LogP contribution is 2.19. The first-order chi connectivity index (χ1) is 9.97. The Hall–Kier alpha value is -1.46. The second kappa shape index (κ2) is 8.74. The zero-order chi connectivity index (χ0) is 15.8. The van der Waals surface area contributed by atoms with Gasteiger partial charge in [-0.25, -0.2) is 4.79 Å². The van der Waals surface area contributed by atoms with Crippen LogP contribution in [0.4, 0.5) is 0 Å². The summed E-state index contributed by atoms with van der Waals surface area (Å²) < 4.78 is 0. The Balaban J connectivity index is 2.83. The van der Waals surface area contributed by atoms with Crippen molar-refractivity contribution in [3.8, 4) is 0 Å². The van der Waals surface area contributed by atoms with E-state index in [0.717, 1.165) is 18.2 Å². The highest BCUT2D eigenvalue weighted by Gasteiger charge is 2.12. The molecule has 0 aliphatic heterocycles. The van der Waals surface area contributed by atoms with Crippen molar-refractivity contribution in [3.05, 3.63) is 40.4 Å². The molecule has 0 bridgehead atoms. The maximum atomic E-state index is 12.1. The minimum atomic E-state index is -1.05. The molecule has 1 aromatic rings. The molecule has 1 unspecified atom stereocenters. The van der Waals surface area contributed by atoms with Crippen molar-refractivity contribution < 1.29 is 14.7 Å². The Bertz CT molecular complexity index is 546. The van der Waals surface area contributed by atoms with Gasteiger partial charge in [-0.15, -0.1) is 0 Å². The third kappa shape index (κ3) is 5.81. The zero-order valence-electron chi connectivity index (χ0n) is 11.9. The Morgan fingerprint density at radius 3 is 2.71 bits per heavy atom. The molecule has 0 radical (unpaired) electrons. The van der Waals surface area contributed by atoms with Crippen LogP contribution < -0.4 is 5.32 Å². The van der Waals surface area contributed by atoms with E-state index in [1.54, 1.807) is 30.0 Å².